The average Bonchev–Trinajstić information content (AvgIpc) is 2.77. The fourth-order valence-corrected chi connectivity index (χ4v) is 4.53. The van der Waals surface area contributed by atoms with Crippen molar-refractivity contribution in [2.45, 2.75) is 6.42 Å². The molecule has 0 aliphatic carbocycles. The number of urea groups is 1. The fraction of sp³-hybridized carbons (Fsp3) is 0.500. The molecule has 2 saturated heterocycles. The Kier molecular flexibility index (Phi) is 5.14. The van der Waals surface area contributed by atoms with Crippen molar-refractivity contribution in [3.63, 3.8) is 0 Å². The summed E-state index contributed by atoms with van der Waals surface area (Å²) in [5.41, 5.74) is -0.0658. The Bertz CT molecular complexity index is 831. The van der Waals surface area contributed by atoms with Crippen molar-refractivity contribution in [3.05, 3.63) is 29.3 Å². The molecule has 0 aromatic heterocycles. The van der Waals surface area contributed by atoms with Gasteiger partial charge in [-0.3, -0.25) is 4.79 Å². The number of nitrogens with one attached hydrogen (secondary N) is 2. The predicted molar refractivity (Wildman–Crippen MR) is 98.5 cm³/mol. The Balaban J connectivity index is 1.81. The summed E-state index contributed by atoms with van der Waals surface area (Å²) < 4.78 is 25.5. The number of sulfonamides is 1. The number of benzene rings is 1. The highest BCUT2D eigenvalue weighted by atomic mass is 35.5. The van der Waals surface area contributed by atoms with Gasteiger partial charge in [-0.1, -0.05) is 17.7 Å². The van der Waals surface area contributed by atoms with Gasteiger partial charge in [-0.15, -0.1) is 0 Å². The number of hydrogen-bond donors (Lipinski definition) is 2. The number of halogens is 1. The van der Waals surface area contributed by atoms with E-state index in [1.54, 1.807) is 29.2 Å². The van der Waals surface area contributed by atoms with Crippen LogP contribution in [0.15, 0.2) is 24.3 Å². The molecule has 0 saturated carbocycles. The molecule has 10 heteroatoms. The number of nitrogens with zero attached hydrogens (tertiary/aromatic N) is 2. The molecule has 1 unspecified atom stereocenters. The molecule has 2 N–H and O–H groups in total. The maximum atomic E-state index is 12.7. The molecule has 142 valence electrons. The first kappa shape index (κ1) is 18.9. The summed E-state index contributed by atoms with van der Waals surface area (Å²) in [6, 6.07) is 6.45. The van der Waals surface area contributed by atoms with Crippen molar-refractivity contribution in [1.29, 1.82) is 0 Å². The lowest BCUT2D eigenvalue weighted by Gasteiger charge is -2.32. The first-order chi connectivity index (χ1) is 12.2. The number of anilines is 1. The predicted octanol–water partition coefficient (Wildman–Crippen LogP) is 0.955. The van der Waals surface area contributed by atoms with E-state index in [1.165, 1.54) is 4.31 Å². The smallest absolute Gasteiger partial charge is 0.321 e. The van der Waals surface area contributed by atoms with Crippen molar-refractivity contribution in [2.24, 2.45) is 5.41 Å². The van der Waals surface area contributed by atoms with E-state index in [0.29, 0.717) is 23.8 Å². The van der Waals surface area contributed by atoms with Gasteiger partial charge >= 0.3 is 6.03 Å². The van der Waals surface area contributed by atoms with Gasteiger partial charge in [0.25, 0.3) is 0 Å². The third-order valence-electron chi connectivity index (χ3n) is 4.69. The van der Waals surface area contributed by atoms with Crippen molar-refractivity contribution < 1.29 is 18.0 Å². The van der Waals surface area contributed by atoms with Crippen LogP contribution in [0.1, 0.15) is 6.42 Å². The zero-order chi connectivity index (χ0) is 18.9. The van der Waals surface area contributed by atoms with Crippen LogP contribution in [0.5, 0.6) is 0 Å². The van der Waals surface area contributed by atoms with E-state index in [9.17, 15) is 18.0 Å². The summed E-state index contributed by atoms with van der Waals surface area (Å²) in [4.78, 5) is 26.0. The van der Waals surface area contributed by atoms with Crippen LogP contribution in [0.4, 0.5) is 10.5 Å². The molecule has 2 fully saturated rings. The second kappa shape index (κ2) is 7.05. The lowest BCUT2D eigenvalue weighted by molar-refractivity contribution is -0.119. The highest BCUT2D eigenvalue weighted by Gasteiger charge is 2.45. The van der Waals surface area contributed by atoms with Crippen LogP contribution in [0.2, 0.25) is 5.02 Å². The van der Waals surface area contributed by atoms with Crippen molar-refractivity contribution in [3.8, 4) is 0 Å². The van der Waals surface area contributed by atoms with Gasteiger partial charge in [-0.25, -0.2) is 13.2 Å². The molecular weight excluding hydrogens is 380 g/mol. The molecule has 1 atom stereocenters. The van der Waals surface area contributed by atoms with Crippen LogP contribution >= 0.6 is 11.6 Å². The molecule has 2 heterocycles. The molecule has 0 radical (unpaired) electrons. The van der Waals surface area contributed by atoms with E-state index < -0.39 is 15.4 Å². The Labute approximate surface area is 157 Å². The Morgan fingerprint density at radius 1 is 1.31 bits per heavy atom. The van der Waals surface area contributed by atoms with E-state index in [1.807, 2.05) is 0 Å². The summed E-state index contributed by atoms with van der Waals surface area (Å²) in [5, 5.41) is 6.04. The number of hydrogen-bond acceptors (Lipinski definition) is 4. The molecule has 2 aliphatic rings. The van der Waals surface area contributed by atoms with Crippen molar-refractivity contribution in [2.75, 3.05) is 44.3 Å². The Morgan fingerprint density at radius 2 is 2.08 bits per heavy atom. The summed E-state index contributed by atoms with van der Waals surface area (Å²) in [6.07, 6.45) is 1.34. The molecule has 1 aromatic carbocycles. The van der Waals surface area contributed by atoms with Crippen LogP contribution < -0.4 is 10.6 Å². The maximum absolute atomic E-state index is 12.7. The first-order valence-electron chi connectivity index (χ1n) is 8.20. The lowest BCUT2D eigenvalue weighted by Crippen LogP contribution is -2.45. The second-order valence-electron chi connectivity index (χ2n) is 6.91. The summed E-state index contributed by atoms with van der Waals surface area (Å²) in [5.74, 6) is -0.129. The normalized spacial score (nSPS) is 24.4. The SMILES string of the molecule is CS(=O)(=O)N1CCN(C(=O)Nc2cccc(Cl)c2)CC2(CNC(=O)C2)C1. The van der Waals surface area contributed by atoms with E-state index in [4.69, 9.17) is 11.6 Å². The minimum Gasteiger partial charge on any atom is -0.355 e. The van der Waals surface area contributed by atoms with Gasteiger partial charge in [0.2, 0.25) is 15.9 Å². The van der Waals surface area contributed by atoms with E-state index in [0.717, 1.165) is 6.26 Å². The minimum atomic E-state index is -3.43. The van der Waals surface area contributed by atoms with E-state index in [2.05, 4.69) is 10.6 Å². The van der Waals surface area contributed by atoms with E-state index in [-0.39, 0.29) is 38.0 Å². The van der Waals surface area contributed by atoms with Gasteiger partial charge in [0, 0.05) is 55.3 Å². The largest absolute Gasteiger partial charge is 0.355 e. The quantitative estimate of drug-likeness (QED) is 0.772. The van der Waals surface area contributed by atoms with Gasteiger partial charge in [-0.05, 0) is 18.2 Å². The molecule has 3 amide bonds. The van der Waals surface area contributed by atoms with Crippen LogP contribution in [0.3, 0.4) is 0 Å². The van der Waals surface area contributed by atoms with Gasteiger partial charge in [-0.2, -0.15) is 4.31 Å². The van der Waals surface area contributed by atoms with Crippen LogP contribution in [0.25, 0.3) is 0 Å². The zero-order valence-corrected chi connectivity index (χ0v) is 15.9. The molecule has 0 bridgehead atoms. The van der Waals surface area contributed by atoms with Crippen LogP contribution in [0, 0.1) is 5.41 Å². The van der Waals surface area contributed by atoms with E-state index >= 15 is 0 Å². The fourth-order valence-electron chi connectivity index (χ4n) is 3.42. The van der Waals surface area contributed by atoms with Gasteiger partial charge in [0.05, 0.1) is 6.26 Å². The Morgan fingerprint density at radius 3 is 2.69 bits per heavy atom. The third kappa shape index (κ3) is 4.28. The topological polar surface area (TPSA) is 98.8 Å². The van der Waals surface area contributed by atoms with Crippen molar-refractivity contribution in [1.82, 2.24) is 14.5 Å². The second-order valence-corrected chi connectivity index (χ2v) is 9.33. The Hall–Kier alpha value is -1.84. The van der Waals surface area contributed by atoms with Gasteiger partial charge < -0.3 is 15.5 Å². The first-order valence-corrected chi connectivity index (χ1v) is 10.4. The highest BCUT2D eigenvalue weighted by Crippen LogP contribution is 2.32. The molecule has 2 aliphatic heterocycles. The van der Waals surface area contributed by atoms with Gasteiger partial charge in [0.15, 0.2) is 0 Å². The molecule has 1 aromatic rings. The van der Waals surface area contributed by atoms with Crippen LogP contribution in [-0.4, -0.2) is 68.5 Å². The number of carbonyl (C=O) groups excluding carboxylic acids is 2. The third-order valence-corrected chi connectivity index (χ3v) is 6.17. The van der Waals surface area contributed by atoms with Crippen molar-refractivity contribution >= 4 is 39.2 Å². The number of rotatable bonds is 2. The minimum absolute atomic E-state index is 0.129. The monoisotopic (exact) mass is 400 g/mol. The lowest BCUT2D eigenvalue weighted by atomic mass is 9.86. The van der Waals surface area contributed by atoms with Gasteiger partial charge in [0.1, 0.15) is 0 Å². The molecule has 26 heavy (non-hydrogen) atoms. The average molecular weight is 401 g/mol. The summed E-state index contributed by atoms with van der Waals surface area (Å²) in [6.45, 7) is 1.29. The zero-order valence-electron chi connectivity index (χ0n) is 14.4. The summed E-state index contributed by atoms with van der Waals surface area (Å²) in [7, 11) is -3.43. The van der Waals surface area contributed by atoms with Crippen LogP contribution in [-0.2, 0) is 14.8 Å². The number of amides is 3. The summed E-state index contributed by atoms with van der Waals surface area (Å²) >= 11 is 5.94. The molecule has 3 rings (SSSR count). The molecule has 8 nitrogen and oxygen atoms in total. The number of carbonyl (C=O) groups is 2. The standard InChI is InChI=1S/C16H21ClN4O4S/c1-26(24,25)21-6-5-20(10-16(11-21)8-14(22)18-9-16)15(23)19-13-4-2-3-12(17)7-13/h2-4,7H,5-6,8-11H2,1H3,(H,18,22)(H,19,23). The molecular formula is C16H21ClN4O4S. The highest BCUT2D eigenvalue weighted by molar-refractivity contribution is 7.88. The maximum Gasteiger partial charge on any atom is 0.321 e. The molecule has 1 spiro atoms.